The summed E-state index contributed by atoms with van der Waals surface area (Å²) in [5, 5.41) is 39.9. The lowest BCUT2D eigenvalue weighted by atomic mass is 9.88. The van der Waals surface area contributed by atoms with Crippen LogP contribution in [0.4, 0.5) is 4.39 Å². The van der Waals surface area contributed by atoms with Crippen LogP contribution in [0.5, 0.6) is 5.75 Å². The van der Waals surface area contributed by atoms with Gasteiger partial charge in [-0.2, -0.15) is 4.39 Å². The molecule has 1 fully saturated rings. The number of aliphatic hydroxyl groups excluding tert-OH is 2. The molecule has 1 aromatic carbocycles. The van der Waals surface area contributed by atoms with E-state index in [0.717, 1.165) is 0 Å². The van der Waals surface area contributed by atoms with E-state index in [0.29, 0.717) is 12.8 Å². The van der Waals surface area contributed by atoms with E-state index >= 15 is 0 Å². The quantitative estimate of drug-likeness (QED) is 0.332. The summed E-state index contributed by atoms with van der Waals surface area (Å²) in [7, 11) is 0. The van der Waals surface area contributed by atoms with Crippen LogP contribution in [0.25, 0.3) is 0 Å². The molecule has 170 valence electrons. The summed E-state index contributed by atoms with van der Waals surface area (Å²) >= 11 is 0. The minimum Gasteiger partial charge on any atom is -0.476 e. The minimum absolute atomic E-state index is 0.102. The fraction of sp³-hybridized carbons (Fsp3) is 0.500. The summed E-state index contributed by atoms with van der Waals surface area (Å²) in [5.74, 6) is -5.20. The molecule has 6 atom stereocenters. The van der Waals surface area contributed by atoms with E-state index in [1.54, 1.807) is 43.4 Å². The molecular weight excluding hydrogens is 403 g/mol. The second-order valence-corrected chi connectivity index (χ2v) is 8.14. The number of carboxylic acid groups (broad SMARTS) is 1. The van der Waals surface area contributed by atoms with E-state index in [2.05, 4.69) is 5.73 Å². The van der Waals surface area contributed by atoms with Crippen molar-refractivity contribution in [3.63, 3.8) is 0 Å². The van der Waals surface area contributed by atoms with Crippen molar-refractivity contribution in [2.24, 2.45) is 11.8 Å². The largest absolute Gasteiger partial charge is 0.476 e. The minimum atomic E-state index is -2.93. The van der Waals surface area contributed by atoms with Gasteiger partial charge in [0.15, 0.2) is 0 Å². The van der Waals surface area contributed by atoms with E-state index in [-0.39, 0.29) is 24.0 Å². The third-order valence-electron chi connectivity index (χ3n) is 5.64. The normalized spacial score (nSPS) is 27.2. The van der Waals surface area contributed by atoms with E-state index < -0.39 is 36.1 Å². The van der Waals surface area contributed by atoms with Crippen LogP contribution >= 0.6 is 0 Å². The van der Waals surface area contributed by atoms with Crippen molar-refractivity contribution in [3.05, 3.63) is 60.4 Å². The highest BCUT2D eigenvalue weighted by Gasteiger charge is 2.41. The molecule has 4 N–H and O–H groups in total. The Morgan fingerprint density at radius 1 is 1.26 bits per heavy atom. The fourth-order valence-corrected chi connectivity index (χ4v) is 3.47. The molecule has 1 aliphatic rings. The maximum absolute atomic E-state index is 14.7. The first-order valence-electron chi connectivity index (χ1n) is 10.4. The van der Waals surface area contributed by atoms with E-state index in [1.165, 1.54) is 18.2 Å². The molecule has 0 spiro atoms. The second-order valence-electron chi connectivity index (χ2n) is 8.14. The first-order valence-corrected chi connectivity index (χ1v) is 10.4. The van der Waals surface area contributed by atoms with Gasteiger partial charge >= 0.3 is 11.8 Å². The number of benzene rings is 1. The first kappa shape index (κ1) is 24.8. The first-order chi connectivity index (χ1) is 14.6. The summed E-state index contributed by atoms with van der Waals surface area (Å²) in [4.78, 5) is 11.4. The molecule has 1 aromatic rings. The van der Waals surface area contributed by atoms with Crippen molar-refractivity contribution in [2.75, 3.05) is 0 Å². The Kier molecular flexibility index (Phi) is 8.60. The lowest BCUT2D eigenvalue weighted by Crippen LogP contribution is -2.39. The summed E-state index contributed by atoms with van der Waals surface area (Å²) in [6.45, 7) is 3.51. The number of halogens is 1. The summed E-state index contributed by atoms with van der Waals surface area (Å²) in [6.07, 6.45) is 5.27. The Morgan fingerprint density at radius 2 is 1.94 bits per heavy atom. The van der Waals surface area contributed by atoms with Gasteiger partial charge in [-0.3, -0.25) is 0 Å². The number of hydrogen-bond donors (Lipinski definition) is 4. The molecular formula is C24H31FO6. The average Bonchev–Trinajstić information content (AvgIpc) is 2.99. The van der Waals surface area contributed by atoms with Gasteiger partial charge in [0.05, 0.1) is 24.2 Å². The highest BCUT2D eigenvalue weighted by atomic mass is 19.2. The molecule has 0 saturated heterocycles. The molecule has 1 aliphatic carbocycles. The van der Waals surface area contributed by atoms with E-state index in [9.17, 15) is 29.6 Å². The molecule has 0 amide bonds. The van der Waals surface area contributed by atoms with Gasteiger partial charge in [-0.25, -0.2) is 4.79 Å². The Hall–Kier alpha value is -2.44. The Balaban J connectivity index is 2.03. The number of hydrogen-bond acceptors (Lipinski definition) is 5. The zero-order valence-electron chi connectivity index (χ0n) is 17.8. The Labute approximate surface area is 182 Å². The van der Waals surface area contributed by atoms with Crippen LogP contribution in [0.1, 0.15) is 39.5 Å². The Bertz CT molecular complexity index is 815. The maximum atomic E-state index is 14.7. The third kappa shape index (κ3) is 7.04. The predicted octanol–water partition coefficient (Wildman–Crippen LogP) is 3.38. The van der Waals surface area contributed by atoms with Crippen LogP contribution in [-0.4, -0.2) is 50.1 Å². The van der Waals surface area contributed by atoms with Gasteiger partial charge in [-0.15, -0.1) is 5.73 Å². The monoisotopic (exact) mass is 434 g/mol. The number of carbonyl (C=O) groups is 1. The average molecular weight is 434 g/mol. The van der Waals surface area contributed by atoms with Gasteiger partial charge in [0.1, 0.15) is 5.75 Å². The molecule has 1 saturated carbocycles. The van der Waals surface area contributed by atoms with Crippen molar-refractivity contribution in [1.82, 2.24) is 0 Å². The number of aliphatic carboxylic acids is 1. The van der Waals surface area contributed by atoms with Crippen molar-refractivity contribution in [2.45, 2.75) is 63.2 Å². The third-order valence-corrected chi connectivity index (χ3v) is 5.64. The zero-order chi connectivity index (χ0) is 23.1. The lowest BCUT2D eigenvalue weighted by molar-refractivity contribution is -0.173. The van der Waals surface area contributed by atoms with Crippen LogP contribution in [0.15, 0.2) is 60.4 Å². The fourth-order valence-electron chi connectivity index (χ4n) is 3.47. The van der Waals surface area contributed by atoms with Gasteiger partial charge in [0.2, 0.25) is 0 Å². The zero-order valence-corrected chi connectivity index (χ0v) is 17.8. The van der Waals surface area contributed by atoms with Crippen molar-refractivity contribution < 1.29 is 34.3 Å². The summed E-state index contributed by atoms with van der Waals surface area (Å²) < 4.78 is 19.7. The molecule has 6 nitrogen and oxygen atoms in total. The molecule has 2 unspecified atom stereocenters. The van der Waals surface area contributed by atoms with E-state index in [1.807, 2.05) is 6.92 Å². The number of aliphatic hydroxyl groups is 3. The number of rotatable bonds is 10. The molecule has 2 rings (SSSR count). The molecule has 0 heterocycles. The van der Waals surface area contributed by atoms with Crippen LogP contribution in [0, 0.1) is 11.8 Å². The van der Waals surface area contributed by atoms with Crippen LogP contribution in [-0.2, 0) is 4.79 Å². The number of para-hydroxylation sites is 1. The predicted molar refractivity (Wildman–Crippen MR) is 114 cm³/mol. The van der Waals surface area contributed by atoms with Gasteiger partial charge in [0.25, 0.3) is 0 Å². The van der Waals surface area contributed by atoms with Gasteiger partial charge in [0, 0.05) is 12.3 Å². The SMILES string of the molecule is CCC(C)([16OH])C=C[C@@H]1[C@@H](CC=C=CCC(F)(Oc2ccccc2)C(=O)O)[C@@H]([16OH])C[C@H]1[16OH]. The maximum Gasteiger partial charge on any atom is 0.382 e. The van der Waals surface area contributed by atoms with Crippen LogP contribution < -0.4 is 4.74 Å². The van der Waals surface area contributed by atoms with Crippen molar-refractivity contribution in [3.8, 4) is 5.75 Å². The molecule has 0 radical (unpaired) electrons. The lowest BCUT2D eigenvalue weighted by Gasteiger charge is -2.22. The van der Waals surface area contributed by atoms with Gasteiger partial charge in [-0.05, 0) is 50.0 Å². The second kappa shape index (κ2) is 10.7. The summed E-state index contributed by atoms with van der Waals surface area (Å²) in [5.41, 5.74) is 1.76. The molecule has 31 heavy (non-hydrogen) atoms. The number of ether oxygens (including phenoxy) is 1. The van der Waals surface area contributed by atoms with E-state index in [4.69, 9.17) is 4.74 Å². The van der Waals surface area contributed by atoms with Crippen LogP contribution in [0.3, 0.4) is 0 Å². The highest BCUT2D eigenvalue weighted by Crippen LogP contribution is 2.36. The van der Waals surface area contributed by atoms with Crippen LogP contribution in [0.2, 0.25) is 0 Å². The molecule has 0 bridgehead atoms. The number of alkyl halides is 1. The smallest absolute Gasteiger partial charge is 0.382 e. The van der Waals surface area contributed by atoms with Crippen molar-refractivity contribution in [1.29, 1.82) is 0 Å². The molecule has 0 aliphatic heterocycles. The Morgan fingerprint density at radius 3 is 2.55 bits per heavy atom. The van der Waals surface area contributed by atoms with Crippen molar-refractivity contribution >= 4 is 5.97 Å². The topological polar surface area (TPSA) is 107 Å². The summed E-state index contributed by atoms with van der Waals surface area (Å²) in [6, 6.07) is 7.86. The van der Waals surface area contributed by atoms with Gasteiger partial charge < -0.3 is 25.2 Å². The molecule has 0 aromatic heterocycles. The highest BCUT2D eigenvalue weighted by molar-refractivity contribution is 5.76. The standard InChI is InChI=1S/C24H31FO6/c1-3-23(2,30)15-13-19-18(20(26)16-21(19)27)12-8-5-9-14-24(25,22(28)29)31-17-10-6-4-7-11-17/h4,6-11,13,15,18-21,26-27,30H,3,12,14,16H2,1-2H3,(H,28,29)/t5?,18-,19-,20+,21-,23?,24?/m1/s1/i26+0,27+0,30+0. The van der Waals surface area contributed by atoms with Gasteiger partial charge in [-0.1, -0.05) is 37.3 Å². The number of carboxylic acids is 1. The molecule has 7 heteroatoms.